The summed E-state index contributed by atoms with van der Waals surface area (Å²) in [6, 6.07) is 12.7. The topological polar surface area (TPSA) is 67.9 Å². The van der Waals surface area contributed by atoms with Crippen LogP contribution in [0.4, 0.5) is 5.00 Å². The molecule has 0 aliphatic carbocycles. The van der Waals surface area contributed by atoms with Crippen LogP contribution in [0.3, 0.4) is 0 Å². The van der Waals surface area contributed by atoms with Crippen molar-refractivity contribution in [1.82, 2.24) is 0 Å². The minimum absolute atomic E-state index is 0.100. The average Bonchev–Trinajstić information content (AvgIpc) is 2.85. The monoisotopic (exact) mass is 259 g/mol. The lowest BCUT2D eigenvalue weighted by Gasteiger charge is -1.87. The van der Waals surface area contributed by atoms with Crippen LogP contribution >= 0.6 is 11.3 Å². The van der Waals surface area contributed by atoms with E-state index in [1.807, 2.05) is 30.3 Å². The standard InChI is InChI=1S/C12H9N3O2S/c16-15(17)12-7-6-11(18-12)9-14-13-8-10-4-2-1-3-5-10/h1-9H/b13-8+,14-9+. The summed E-state index contributed by atoms with van der Waals surface area (Å²) in [6.45, 7) is 0. The molecule has 2 aromatic rings. The Morgan fingerprint density at radius 3 is 2.44 bits per heavy atom. The molecule has 6 heteroatoms. The van der Waals surface area contributed by atoms with Crippen molar-refractivity contribution < 1.29 is 4.92 Å². The number of rotatable bonds is 4. The summed E-state index contributed by atoms with van der Waals surface area (Å²) in [5.41, 5.74) is 0.951. The summed E-state index contributed by atoms with van der Waals surface area (Å²) < 4.78 is 0. The molecule has 0 N–H and O–H groups in total. The van der Waals surface area contributed by atoms with Gasteiger partial charge in [0.25, 0.3) is 0 Å². The summed E-state index contributed by atoms with van der Waals surface area (Å²) in [5, 5.41) is 18.3. The van der Waals surface area contributed by atoms with E-state index >= 15 is 0 Å². The van der Waals surface area contributed by atoms with E-state index in [1.54, 1.807) is 12.3 Å². The first-order valence-electron chi connectivity index (χ1n) is 5.11. The summed E-state index contributed by atoms with van der Waals surface area (Å²) in [7, 11) is 0. The predicted molar refractivity (Wildman–Crippen MR) is 72.6 cm³/mol. The maximum atomic E-state index is 10.5. The van der Waals surface area contributed by atoms with Crippen molar-refractivity contribution in [3.05, 3.63) is 63.0 Å². The van der Waals surface area contributed by atoms with Crippen molar-refractivity contribution in [2.45, 2.75) is 0 Å². The van der Waals surface area contributed by atoms with Gasteiger partial charge in [-0.25, -0.2) is 0 Å². The van der Waals surface area contributed by atoms with Gasteiger partial charge in [-0.05, 0) is 11.6 Å². The minimum atomic E-state index is -0.421. The normalized spacial score (nSPS) is 11.3. The molecular weight excluding hydrogens is 250 g/mol. The van der Waals surface area contributed by atoms with Crippen LogP contribution in [0.1, 0.15) is 10.4 Å². The van der Waals surface area contributed by atoms with Crippen molar-refractivity contribution >= 4 is 28.8 Å². The van der Waals surface area contributed by atoms with E-state index in [0.29, 0.717) is 4.88 Å². The molecule has 1 aromatic carbocycles. The molecule has 0 spiro atoms. The first kappa shape index (κ1) is 12.1. The maximum absolute atomic E-state index is 10.5. The van der Waals surface area contributed by atoms with Gasteiger partial charge < -0.3 is 0 Å². The highest BCUT2D eigenvalue weighted by Crippen LogP contribution is 2.22. The average molecular weight is 259 g/mol. The van der Waals surface area contributed by atoms with Gasteiger partial charge in [-0.2, -0.15) is 10.2 Å². The highest BCUT2D eigenvalue weighted by atomic mass is 32.1. The number of hydrogen-bond acceptors (Lipinski definition) is 5. The van der Waals surface area contributed by atoms with Gasteiger partial charge in [0.05, 0.1) is 22.2 Å². The highest BCUT2D eigenvalue weighted by molar-refractivity contribution is 7.16. The molecule has 0 unspecified atom stereocenters. The molecule has 90 valence electrons. The van der Waals surface area contributed by atoms with Crippen molar-refractivity contribution in [2.24, 2.45) is 10.2 Å². The van der Waals surface area contributed by atoms with Crippen LogP contribution in [0, 0.1) is 10.1 Å². The molecule has 0 aliphatic rings. The first-order chi connectivity index (χ1) is 8.75. The van der Waals surface area contributed by atoms with Crippen molar-refractivity contribution in [3.8, 4) is 0 Å². The molecular formula is C12H9N3O2S. The second-order valence-electron chi connectivity index (χ2n) is 3.33. The van der Waals surface area contributed by atoms with E-state index in [9.17, 15) is 10.1 Å². The smallest absolute Gasteiger partial charge is 0.258 e. The summed E-state index contributed by atoms with van der Waals surface area (Å²) in [4.78, 5) is 10.8. The second kappa shape index (κ2) is 5.83. The van der Waals surface area contributed by atoms with E-state index in [1.165, 1.54) is 12.3 Å². The molecule has 0 saturated carbocycles. The van der Waals surface area contributed by atoms with E-state index in [4.69, 9.17) is 0 Å². The number of benzene rings is 1. The zero-order valence-electron chi connectivity index (χ0n) is 9.26. The molecule has 1 heterocycles. The van der Waals surface area contributed by atoms with Crippen LogP contribution in [-0.2, 0) is 0 Å². The van der Waals surface area contributed by atoms with Crippen LogP contribution in [0.25, 0.3) is 0 Å². The number of nitro groups is 1. The molecule has 0 atom stereocenters. The Labute approximate surface area is 107 Å². The van der Waals surface area contributed by atoms with Gasteiger partial charge in [0.15, 0.2) is 0 Å². The minimum Gasteiger partial charge on any atom is -0.258 e. The Bertz CT molecular complexity index is 590. The summed E-state index contributed by atoms with van der Waals surface area (Å²) in [6.07, 6.45) is 3.12. The third-order valence-electron chi connectivity index (χ3n) is 2.05. The van der Waals surface area contributed by atoms with Gasteiger partial charge in [0.2, 0.25) is 0 Å². The van der Waals surface area contributed by atoms with Crippen molar-refractivity contribution in [2.75, 3.05) is 0 Å². The molecule has 1 aromatic heterocycles. The molecule has 0 bridgehead atoms. The predicted octanol–water partition coefficient (Wildman–Crippen LogP) is 3.11. The second-order valence-corrected chi connectivity index (χ2v) is 4.43. The number of thiophene rings is 1. The van der Waals surface area contributed by atoms with Gasteiger partial charge >= 0.3 is 5.00 Å². The fourth-order valence-corrected chi connectivity index (χ4v) is 1.93. The largest absolute Gasteiger partial charge is 0.324 e. The maximum Gasteiger partial charge on any atom is 0.324 e. The molecule has 0 saturated heterocycles. The number of nitrogens with zero attached hydrogens (tertiary/aromatic N) is 3. The van der Waals surface area contributed by atoms with Crippen LogP contribution in [-0.4, -0.2) is 17.4 Å². The van der Waals surface area contributed by atoms with Crippen molar-refractivity contribution in [1.29, 1.82) is 0 Å². The van der Waals surface area contributed by atoms with E-state index < -0.39 is 4.92 Å². The Hall–Kier alpha value is -2.34. The Balaban J connectivity index is 1.99. The molecule has 0 aliphatic heterocycles. The first-order valence-corrected chi connectivity index (χ1v) is 5.93. The van der Waals surface area contributed by atoms with Gasteiger partial charge in [-0.1, -0.05) is 41.7 Å². The zero-order valence-corrected chi connectivity index (χ0v) is 10.1. The molecule has 0 amide bonds. The molecule has 5 nitrogen and oxygen atoms in total. The Kier molecular flexibility index (Phi) is 3.93. The van der Waals surface area contributed by atoms with Crippen LogP contribution in [0.5, 0.6) is 0 Å². The van der Waals surface area contributed by atoms with Gasteiger partial charge in [0.1, 0.15) is 0 Å². The van der Waals surface area contributed by atoms with Gasteiger partial charge in [0, 0.05) is 6.07 Å². The lowest BCUT2D eigenvalue weighted by Crippen LogP contribution is -1.80. The molecule has 0 fully saturated rings. The van der Waals surface area contributed by atoms with Gasteiger partial charge in [-0.15, -0.1) is 0 Å². The van der Waals surface area contributed by atoms with Crippen LogP contribution in [0.15, 0.2) is 52.7 Å². The van der Waals surface area contributed by atoms with Gasteiger partial charge in [-0.3, -0.25) is 10.1 Å². The fourth-order valence-electron chi connectivity index (χ4n) is 1.24. The van der Waals surface area contributed by atoms with E-state index in [-0.39, 0.29) is 5.00 Å². The Morgan fingerprint density at radius 2 is 1.78 bits per heavy atom. The highest BCUT2D eigenvalue weighted by Gasteiger charge is 2.07. The molecule has 18 heavy (non-hydrogen) atoms. The fraction of sp³-hybridized carbons (Fsp3) is 0. The molecule has 2 rings (SSSR count). The summed E-state index contributed by atoms with van der Waals surface area (Å²) >= 11 is 1.06. The Morgan fingerprint density at radius 1 is 1.06 bits per heavy atom. The lowest BCUT2D eigenvalue weighted by atomic mass is 10.2. The zero-order chi connectivity index (χ0) is 12.8. The third kappa shape index (κ3) is 3.33. The SMILES string of the molecule is O=[N+]([O-])c1ccc(/C=N/N=C/c2ccccc2)s1. The van der Waals surface area contributed by atoms with Crippen molar-refractivity contribution in [3.63, 3.8) is 0 Å². The third-order valence-corrected chi connectivity index (χ3v) is 3.02. The van der Waals surface area contributed by atoms with E-state index in [2.05, 4.69) is 10.2 Å². The number of hydrogen-bond donors (Lipinski definition) is 0. The quantitative estimate of drug-likeness (QED) is 0.481. The lowest BCUT2D eigenvalue weighted by molar-refractivity contribution is -0.380. The molecule has 0 radical (unpaired) electrons. The van der Waals surface area contributed by atoms with Crippen LogP contribution in [0.2, 0.25) is 0 Å². The van der Waals surface area contributed by atoms with E-state index in [0.717, 1.165) is 16.9 Å². The summed E-state index contributed by atoms with van der Waals surface area (Å²) in [5.74, 6) is 0. The van der Waals surface area contributed by atoms with Crippen LogP contribution < -0.4 is 0 Å².